The van der Waals surface area contributed by atoms with Crippen molar-refractivity contribution in [2.45, 2.75) is 25.9 Å². The zero-order valence-corrected chi connectivity index (χ0v) is 17.6. The SMILES string of the molecule is COc1ccc2ccccc2c1CCC(=O)N1CC(Oc2cc(C)n(C)c(=O)c2)C1. The molecule has 1 aliphatic heterocycles. The fraction of sp³-hybridized carbons (Fsp3) is 0.333. The van der Waals surface area contributed by atoms with Crippen molar-refractivity contribution in [1.82, 2.24) is 9.47 Å². The molecular formula is C24H26N2O4. The average molecular weight is 406 g/mol. The number of pyridine rings is 1. The summed E-state index contributed by atoms with van der Waals surface area (Å²) in [6.45, 7) is 2.95. The Morgan fingerprint density at radius 3 is 2.63 bits per heavy atom. The number of aromatic nitrogens is 1. The van der Waals surface area contributed by atoms with Crippen LogP contribution in [0.25, 0.3) is 10.8 Å². The molecular weight excluding hydrogens is 380 g/mol. The summed E-state index contributed by atoms with van der Waals surface area (Å²) < 4.78 is 13.0. The van der Waals surface area contributed by atoms with Crippen molar-refractivity contribution in [3.8, 4) is 11.5 Å². The second-order valence-corrected chi connectivity index (χ2v) is 7.74. The Morgan fingerprint density at radius 2 is 1.90 bits per heavy atom. The lowest BCUT2D eigenvalue weighted by atomic mass is 9.99. The van der Waals surface area contributed by atoms with E-state index < -0.39 is 0 Å². The maximum absolute atomic E-state index is 12.7. The Balaban J connectivity index is 1.36. The van der Waals surface area contributed by atoms with Gasteiger partial charge in [-0.2, -0.15) is 0 Å². The van der Waals surface area contributed by atoms with Crippen molar-refractivity contribution >= 4 is 16.7 Å². The van der Waals surface area contributed by atoms with Crippen LogP contribution in [0.4, 0.5) is 0 Å². The Hall–Kier alpha value is -3.28. The number of fused-ring (bicyclic) bond motifs is 1. The summed E-state index contributed by atoms with van der Waals surface area (Å²) in [5.74, 6) is 1.48. The number of carbonyl (C=O) groups excluding carboxylic acids is 1. The fourth-order valence-corrected chi connectivity index (χ4v) is 3.87. The van der Waals surface area contributed by atoms with E-state index in [0.717, 1.165) is 27.8 Å². The minimum atomic E-state index is -0.0960. The van der Waals surface area contributed by atoms with Gasteiger partial charge in [-0.1, -0.05) is 30.3 Å². The highest BCUT2D eigenvalue weighted by Crippen LogP contribution is 2.29. The predicted octanol–water partition coefficient (Wildman–Crippen LogP) is 3.08. The van der Waals surface area contributed by atoms with Crippen molar-refractivity contribution in [3.05, 3.63) is 70.1 Å². The van der Waals surface area contributed by atoms with Gasteiger partial charge in [0.2, 0.25) is 5.91 Å². The number of rotatable bonds is 6. The molecule has 0 N–H and O–H groups in total. The second-order valence-electron chi connectivity index (χ2n) is 7.74. The zero-order chi connectivity index (χ0) is 21.3. The zero-order valence-electron chi connectivity index (χ0n) is 17.6. The molecule has 1 fully saturated rings. The van der Waals surface area contributed by atoms with Gasteiger partial charge in [-0.05, 0) is 36.2 Å². The number of hydrogen-bond acceptors (Lipinski definition) is 4. The molecule has 1 aromatic heterocycles. The summed E-state index contributed by atoms with van der Waals surface area (Å²) in [6, 6.07) is 15.5. The van der Waals surface area contributed by atoms with Gasteiger partial charge in [0.1, 0.15) is 17.6 Å². The van der Waals surface area contributed by atoms with Crippen LogP contribution in [-0.4, -0.2) is 41.7 Å². The van der Waals surface area contributed by atoms with E-state index in [1.807, 2.05) is 37.3 Å². The van der Waals surface area contributed by atoms with E-state index in [2.05, 4.69) is 12.1 Å². The second kappa shape index (κ2) is 8.22. The van der Waals surface area contributed by atoms with Gasteiger partial charge in [0, 0.05) is 30.8 Å². The first kappa shape index (κ1) is 20.0. The van der Waals surface area contributed by atoms with Gasteiger partial charge in [0.05, 0.1) is 20.2 Å². The number of likely N-dealkylation sites (tertiary alicyclic amines) is 1. The largest absolute Gasteiger partial charge is 0.496 e. The van der Waals surface area contributed by atoms with Crippen LogP contribution in [0.5, 0.6) is 11.5 Å². The summed E-state index contributed by atoms with van der Waals surface area (Å²) in [5, 5.41) is 2.26. The maximum Gasteiger partial charge on any atom is 0.254 e. The van der Waals surface area contributed by atoms with E-state index in [9.17, 15) is 9.59 Å². The van der Waals surface area contributed by atoms with Crippen LogP contribution in [0.15, 0.2) is 53.3 Å². The Labute approximate surface area is 175 Å². The normalized spacial score (nSPS) is 13.9. The highest BCUT2D eigenvalue weighted by atomic mass is 16.5. The predicted molar refractivity (Wildman–Crippen MR) is 116 cm³/mol. The standard InChI is InChI=1S/C24H26N2O4/c1-16-12-18(13-24(28)25(16)2)30-19-14-26(15-19)23(27)11-9-21-20-7-5-4-6-17(20)8-10-22(21)29-3/h4-8,10,12-13,19H,9,11,14-15H2,1-3H3. The van der Waals surface area contributed by atoms with Crippen LogP contribution in [0.3, 0.4) is 0 Å². The molecule has 30 heavy (non-hydrogen) atoms. The lowest BCUT2D eigenvalue weighted by Gasteiger charge is -2.39. The molecule has 0 bridgehead atoms. The molecule has 1 amide bonds. The number of carbonyl (C=O) groups is 1. The van der Waals surface area contributed by atoms with Gasteiger partial charge in [0.25, 0.3) is 5.56 Å². The van der Waals surface area contributed by atoms with Gasteiger partial charge >= 0.3 is 0 Å². The smallest absolute Gasteiger partial charge is 0.254 e. The van der Waals surface area contributed by atoms with Crippen LogP contribution in [0.1, 0.15) is 17.7 Å². The third-order valence-electron chi connectivity index (χ3n) is 5.79. The number of amides is 1. The Morgan fingerprint density at radius 1 is 1.13 bits per heavy atom. The molecule has 0 atom stereocenters. The first-order valence-corrected chi connectivity index (χ1v) is 10.1. The van der Waals surface area contributed by atoms with Crippen LogP contribution in [0, 0.1) is 6.92 Å². The van der Waals surface area contributed by atoms with Crippen molar-refractivity contribution in [1.29, 1.82) is 0 Å². The van der Waals surface area contributed by atoms with E-state index in [0.29, 0.717) is 31.7 Å². The molecule has 3 aromatic rings. The van der Waals surface area contributed by atoms with Crippen LogP contribution >= 0.6 is 0 Å². The van der Waals surface area contributed by atoms with Crippen molar-refractivity contribution in [2.75, 3.05) is 20.2 Å². The maximum atomic E-state index is 12.7. The number of aryl methyl sites for hydroxylation is 2. The summed E-state index contributed by atoms with van der Waals surface area (Å²) >= 11 is 0. The van der Waals surface area contributed by atoms with E-state index in [4.69, 9.17) is 9.47 Å². The first-order valence-electron chi connectivity index (χ1n) is 10.1. The molecule has 6 heteroatoms. The molecule has 4 rings (SSSR count). The molecule has 0 unspecified atom stereocenters. The number of hydrogen-bond donors (Lipinski definition) is 0. The summed E-state index contributed by atoms with van der Waals surface area (Å²) in [7, 11) is 3.39. The molecule has 6 nitrogen and oxygen atoms in total. The minimum Gasteiger partial charge on any atom is -0.496 e. The molecule has 0 aliphatic carbocycles. The molecule has 2 aromatic carbocycles. The molecule has 0 radical (unpaired) electrons. The number of nitrogens with zero attached hydrogens (tertiary/aromatic N) is 2. The molecule has 2 heterocycles. The summed E-state index contributed by atoms with van der Waals surface area (Å²) in [5.41, 5.74) is 1.81. The fourth-order valence-electron chi connectivity index (χ4n) is 3.87. The van der Waals surface area contributed by atoms with E-state index in [-0.39, 0.29) is 17.6 Å². The topological polar surface area (TPSA) is 60.8 Å². The lowest BCUT2D eigenvalue weighted by Crippen LogP contribution is -2.56. The number of benzene rings is 2. The van der Waals surface area contributed by atoms with Crippen LogP contribution in [0.2, 0.25) is 0 Å². The highest BCUT2D eigenvalue weighted by molar-refractivity contribution is 5.88. The highest BCUT2D eigenvalue weighted by Gasteiger charge is 2.32. The molecule has 1 aliphatic rings. The Bertz CT molecular complexity index is 1150. The minimum absolute atomic E-state index is 0.0763. The van der Waals surface area contributed by atoms with E-state index >= 15 is 0 Å². The van der Waals surface area contributed by atoms with Crippen molar-refractivity contribution in [3.63, 3.8) is 0 Å². The van der Waals surface area contributed by atoms with Gasteiger partial charge in [-0.15, -0.1) is 0 Å². The van der Waals surface area contributed by atoms with Gasteiger partial charge in [0.15, 0.2) is 0 Å². The van der Waals surface area contributed by atoms with Crippen LogP contribution in [-0.2, 0) is 18.3 Å². The van der Waals surface area contributed by atoms with Gasteiger partial charge in [-0.25, -0.2) is 0 Å². The van der Waals surface area contributed by atoms with E-state index in [1.165, 1.54) is 6.07 Å². The lowest BCUT2D eigenvalue weighted by molar-refractivity contribution is -0.139. The summed E-state index contributed by atoms with van der Waals surface area (Å²) in [6.07, 6.45) is 0.967. The number of methoxy groups -OCH3 is 1. The van der Waals surface area contributed by atoms with E-state index in [1.54, 1.807) is 23.6 Å². The molecule has 156 valence electrons. The average Bonchev–Trinajstić information content (AvgIpc) is 2.72. The van der Waals surface area contributed by atoms with Crippen molar-refractivity contribution in [2.24, 2.45) is 7.05 Å². The van der Waals surface area contributed by atoms with Crippen LogP contribution < -0.4 is 15.0 Å². The molecule has 1 saturated heterocycles. The number of ether oxygens (including phenoxy) is 2. The Kier molecular flexibility index (Phi) is 5.48. The third-order valence-corrected chi connectivity index (χ3v) is 5.79. The quantitative estimate of drug-likeness (QED) is 0.631. The molecule has 0 spiro atoms. The third kappa shape index (κ3) is 3.90. The van der Waals surface area contributed by atoms with Gasteiger partial charge < -0.3 is 18.9 Å². The van der Waals surface area contributed by atoms with Crippen molar-refractivity contribution < 1.29 is 14.3 Å². The first-order chi connectivity index (χ1) is 14.5. The van der Waals surface area contributed by atoms with Gasteiger partial charge in [-0.3, -0.25) is 9.59 Å². The summed E-state index contributed by atoms with van der Waals surface area (Å²) in [4.78, 5) is 26.4. The molecule has 0 saturated carbocycles. The monoisotopic (exact) mass is 406 g/mol.